The molecular formula is C19H24BrN5O2. The van der Waals surface area contributed by atoms with E-state index in [4.69, 9.17) is 0 Å². The highest BCUT2D eigenvalue weighted by Gasteiger charge is 2.12. The van der Waals surface area contributed by atoms with Gasteiger partial charge in [0.15, 0.2) is 0 Å². The first-order valence-electron chi connectivity index (χ1n) is 9.22. The number of hydrogen-bond acceptors (Lipinski definition) is 3. The number of aryl methyl sites for hydroxylation is 2. The lowest BCUT2D eigenvalue weighted by molar-refractivity contribution is 0.0953. The number of carbonyl (C=O) groups is 2. The highest BCUT2D eigenvalue weighted by molar-refractivity contribution is 9.10. The van der Waals surface area contributed by atoms with Crippen LogP contribution in [0.4, 0.5) is 4.79 Å². The summed E-state index contributed by atoms with van der Waals surface area (Å²) in [6.45, 7) is 2.31. The Balaban J connectivity index is 1.29. The molecule has 0 saturated heterocycles. The van der Waals surface area contributed by atoms with Gasteiger partial charge in [0.2, 0.25) is 0 Å². The molecule has 1 aromatic carbocycles. The minimum absolute atomic E-state index is 0.165. The van der Waals surface area contributed by atoms with Crippen LogP contribution in [0.3, 0.4) is 0 Å². The van der Waals surface area contributed by atoms with Crippen molar-refractivity contribution in [3.05, 3.63) is 52.0 Å². The van der Waals surface area contributed by atoms with E-state index in [9.17, 15) is 9.59 Å². The summed E-state index contributed by atoms with van der Waals surface area (Å²) in [5, 5.41) is 8.33. The first-order chi connectivity index (χ1) is 13.1. The van der Waals surface area contributed by atoms with Gasteiger partial charge in [-0.2, -0.15) is 0 Å². The second-order valence-electron chi connectivity index (χ2n) is 6.50. The SMILES string of the molecule is O=C(NCCNC(=O)c1cccc(Br)c1)NCCc1cn2c(n1)CCCC2. The largest absolute Gasteiger partial charge is 0.350 e. The topological polar surface area (TPSA) is 88.0 Å². The van der Waals surface area contributed by atoms with Crippen LogP contribution in [0.2, 0.25) is 0 Å². The van der Waals surface area contributed by atoms with Gasteiger partial charge in [-0.25, -0.2) is 9.78 Å². The Kier molecular flexibility index (Phi) is 6.86. The summed E-state index contributed by atoms with van der Waals surface area (Å²) >= 11 is 3.34. The molecule has 0 fully saturated rings. The van der Waals surface area contributed by atoms with Gasteiger partial charge in [-0.1, -0.05) is 22.0 Å². The van der Waals surface area contributed by atoms with Gasteiger partial charge in [0.05, 0.1) is 5.69 Å². The monoisotopic (exact) mass is 433 g/mol. The number of amides is 3. The number of carbonyl (C=O) groups excluding carboxylic acids is 2. The molecule has 0 saturated carbocycles. The van der Waals surface area contributed by atoms with Crippen LogP contribution in [-0.2, 0) is 19.4 Å². The average molecular weight is 434 g/mol. The van der Waals surface area contributed by atoms with Crippen molar-refractivity contribution in [2.75, 3.05) is 19.6 Å². The summed E-state index contributed by atoms with van der Waals surface area (Å²) in [6, 6.07) is 6.93. The number of halogens is 1. The Bertz CT molecular complexity index is 782. The van der Waals surface area contributed by atoms with Gasteiger partial charge in [0, 0.05) is 55.3 Å². The Morgan fingerprint density at radius 1 is 1.11 bits per heavy atom. The molecule has 27 heavy (non-hydrogen) atoms. The summed E-state index contributed by atoms with van der Waals surface area (Å²) in [7, 11) is 0. The minimum Gasteiger partial charge on any atom is -0.350 e. The van der Waals surface area contributed by atoms with Crippen molar-refractivity contribution in [2.45, 2.75) is 32.2 Å². The number of nitrogens with one attached hydrogen (secondary N) is 3. The maximum atomic E-state index is 12.0. The Morgan fingerprint density at radius 3 is 2.74 bits per heavy atom. The van der Waals surface area contributed by atoms with E-state index >= 15 is 0 Å². The van der Waals surface area contributed by atoms with Gasteiger partial charge < -0.3 is 20.5 Å². The molecule has 0 spiro atoms. The van der Waals surface area contributed by atoms with Crippen LogP contribution in [0, 0.1) is 0 Å². The van der Waals surface area contributed by atoms with Gasteiger partial charge in [0.25, 0.3) is 5.91 Å². The predicted molar refractivity (Wildman–Crippen MR) is 107 cm³/mol. The van der Waals surface area contributed by atoms with Crippen molar-refractivity contribution in [1.82, 2.24) is 25.5 Å². The Hall–Kier alpha value is -2.35. The molecule has 0 unspecified atom stereocenters. The molecule has 2 aromatic rings. The standard InChI is InChI=1S/C19H24BrN5O2/c20-15-5-3-4-14(12-15)18(26)21-9-10-23-19(27)22-8-7-16-13-25-11-2-1-6-17(25)24-16/h3-5,12-13H,1-2,6-11H2,(H,21,26)(H2,22,23,27). The number of benzene rings is 1. The summed E-state index contributed by atoms with van der Waals surface area (Å²) in [5.41, 5.74) is 1.60. The van der Waals surface area contributed by atoms with E-state index in [1.807, 2.05) is 6.07 Å². The molecule has 3 N–H and O–H groups in total. The van der Waals surface area contributed by atoms with Gasteiger partial charge in [0.1, 0.15) is 5.82 Å². The van der Waals surface area contributed by atoms with Gasteiger partial charge in [-0.15, -0.1) is 0 Å². The number of urea groups is 1. The average Bonchev–Trinajstić information content (AvgIpc) is 3.08. The van der Waals surface area contributed by atoms with Crippen LogP contribution in [-0.4, -0.2) is 41.1 Å². The third kappa shape index (κ3) is 5.82. The highest BCUT2D eigenvalue weighted by Crippen LogP contribution is 2.14. The number of fused-ring (bicyclic) bond motifs is 1. The van der Waals surface area contributed by atoms with Gasteiger partial charge in [-0.05, 0) is 31.0 Å². The molecule has 2 heterocycles. The Morgan fingerprint density at radius 2 is 1.93 bits per heavy atom. The summed E-state index contributed by atoms with van der Waals surface area (Å²) in [4.78, 5) is 28.4. The van der Waals surface area contributed by atoms with Crippen molar-refractivity contribution >= 4 is 27.9 Å². The first kappa shape index (κ1) is 19.4. The zero-order valence-electron chi connectivity index (χ0n) is 15.1. The molecule has 1 aliphatic rings. The normalized spacial score (nSPS) is 12.9. The molecule has 0 bridgehead atoms. The van der Waals surface area contributed by atoms with Crippen LogP contribution in [0.1, 0.15) is 34.7 Å². The summed E-state index contributed by atoms with van der Waals surface area (Å²) in [6.07, 6.45) is 6.26. The number of rotatable bonds is 7. The van der Waals surface area contributed by atoms with Crippen LogP contribution >= 0.6 is 15.9 Å². The lowest BCUT2D eigenvalue weighted by Gasteiger charge is -2.11. The second kappa shape index (κ2) is 9.55. The molecule has 8 heteroatoms. The van der Waals surface area contributed by atoms with E-state index in [0.29, 0.717) is 31.6 Å². The maximum absolute atomic E-state index is 12.0. The van der Waals surface area contributed by atoms with Crippen LogP contribution in [0.5, 0.6) is 0 Å². The number of aromatic nitrogens is 2. The van der Waals surface area contributed by atoms with Gasteiger partial charge >= 0.3 is 6.03 Å². The summed E-state index contributed by atoms with van der Waals surface area (Å²) < 4.78 is 3.07. The second-order valence-corrected chi connectivity index (χ2v) is 7.41. The molecule has 0 radical (unpaired) electrons. The fraction of sp³-hybridized carbons (Fsp3) is 0.421. The fourth-order valence-electron chi connectivity index (χ4n) is 3.04. The lowest BCUT2D eigenvalue weighted by atomic mass is 10.2. The van der Waals surface area contributed by atoms with Crippen molar-refractivity contribution < 1.29 is 9.59 Å². The van der Waals surface area contributed by atoms with Crippen molar-refractivity contribution in [3.8, 4) is 0 Å². The third-order valence-electron chi connectivity index (χ3n) is 4.41. The Labute approximate surface area is 167 Å². The predicted octanol–water partition coefficient (Wildman–Crippen LogP) is 2.25. The third-order valence-corrected chi connectivity index (χ3v) is 4.90. The number of nitrogens with zero attached hydrogens (tertiary/aromatic N) is 2. The van der Waals surface area contributed by atoms with Crippen molar-refractivity contribution in [2.24, 2.45) is 0 Å². The lowest BCUT2D eigenvalue weighted by Crippen LogP contribution is -2.40. The van der Waals surface area contributed by atoms with Gasteiger partial charge in [-0.3, -0.25) is 4.79 Å². The summed E-state index contributed by atoms with van der Waals surface area (Å²) in [5.74, 6) is 0.990. The molecule has 3 rings (SSSR count). The highest BCUT2D eigenvalue weighted by atomic mass is 79.9. The zero-order chi connectivity index (χ0) is 19.1. The molecule has 1 aliphatic heterocycles. The van der Waals surface area contributed by atoms with E-state index in [2.05, 4.69) is 47.6 Å². The van der Waals surface area contributed by atoms with E-state index in [1.54, 1.807) is 18.2 Å². The maximum Gasteiger partial charge on any atom is 0.314 e. The van der Waals surface area contributed by atoms with Crippen molar-refractivity contribution in [3.63, 3.8) is 0 Å². The van der Waals surface area contributed by atoms with Crippen LogP contribution in [0.15, 0.2) is 34.9 Å². The number of imidazole rings is 1. The van der Waals surface area contributed by atoms with Crippen LogP contribution in [0.25, 0.3) is 0 Å². The van der Waals surface area contributed by atoms with Crippen molar-refractivity contribution in [1.29, 1.82) is 0 Å². The molecule has 3 amide bonds. The van der Waals surface area contributed by atoms with E-state index in [0.717, 1.165) is 29.0 Å². The quantitative estimate of drug-likeness (QED) is 0.585. The van der Waals surface area contributed by atoms with E-state index < -0.39 is 0 Å². The first-order valence-corrected chi connectivity index (χ1v) is 10.0. The minimum atomic E-state index is -0.240. The molecule has 144 valence electrons. The molecule has 1 aromatic heterocycles. The van der Waals surface area contributed by atoms with E-state index in [1.165, 1.54) is 12.8 Å². The smallest absolute Gasteiger partial charge is 0.314 e. The molecule has 0 aliphatic carbocycles. The zero-order valence-corrected chi connectivity index (χ0v) is 16.7. The molecular weight excluding hydrogens is 410 g/mol. The molecule has 7 nitrogen and oxygen atoms in total. The van der Waals surface area contributed by atoms with E-state index in [-0.39, 0.29) is 11.9 Å². The van der Waals surface area contributed by atoms with Crippen LogP contribution < -0.4 is 16.0 Å². The number of hydrogen-bond donors (Lipinski definition) is 3. The fourth-order valence-corrected chi connectivity index (χ4v) is 3.44. The molecule has 0 atom stereocenters.